The average Bonchev–Trinajstić information content (AvgIpc) is 2.35. The maximum atomic E-state index is 12.0. The highest BCUT2D eigenvalue weighted by Gasteiger charge is 2.25. The van der Waals surface area contributed by atoms with Crippen LogP contribution in [-0.2, 0) is 14.3 Å². The van der Waals surface area contributed by atoms with Crippen molar-refractivity contribution < 1.29 is 14.3 Å². The van der Waals surface area contributed by atoms with Crippen molar-refractivity contribution in [3.63, 3.8) is 0 Å². The van der Waals surface area contributed by atoms with Crippen LogP contribution in [0.3, 0.4) is 0 Å². The lowest BCUT2D eigenvalue weighted by molar-refractivity contribution is -0.139. The van der Waals surface area contributed by atoms with E-state index in [1.54, 1.807) is 14.2 Å². The molecule has 2 atom stereocenters. The molecule has 1 unspecified atom stereocenters. The molecule has 0 rings (SSSR count). The van der Waals surface area contributed by atoms with Gasteiger partial charge in [-0.15, -0.1) is 0 Å². The predicted molar refractivity (Wildman–Crippen MR) is 76.7 cm³/mol. The van der Waals surface area contributed by atoms with Gasteiger partial charge in [0.2, 0.25) is 5.91 Å². The molecule has 0 bridgehead atoms. The van der Waals surface area contributed by atoms with Crippen molar-refractivity contribution in [1.82, 2.24) is 5.32 Å². The Bertz CT molecular complexity index is 243. The molecule has 0 aliphatic heterocycles. The van der Waals surface area contributed by atoms with Crippen LogP contribution < -0.4 is 11.1 Å². The molecule has 0 saturated carbocycles. The van der Waals surface area contributed by atoms with Crippen molar-refractivity contribution in [2.45, 2.75) is 64.8 Å². The van der Waals surface area contributed by atoms with Crippen molar-refractivity contribution in [2.75, 3.05) is 14.2 Å². The van der Waals surface area contributed by atoms with Crippen LogP contribution in [0.25, 0.3) is 0 Å². The molecule has 0 aliphatic carbocycles. The molecular formula is C14H30N2O3. The number of carbonyl (C=O) groups excluding carboxylic acids is 1. The lowest BCUT2D eigenvalue weighted by Crippen LogP contribution is -2.51. The number of methoxy groups -OCH3 is 2. The number of carbonyl (C=O) groups is 1. The van der Waals surface area contributed by atoms with E-state index in [-0.39, 0.29) is 11.9 Å². The summed E-state index contributed by atoms with van der Waals surface area (Å²) < 4.78 is 10.5. The van der Waals surface area contributed by atoms with Crippen molar-refractivity contribution in [2.24, 2.45) is 11.7 Å². The van der Waals surface area contributed by atoms with Crippen LogP contribution in [0, 0.1) is 5.92 Å². The van der Waals surface area contributed by atoms with E-state index in [2.05, 4.69) is 26.1 Å². The van der Waals surface area contributed by atoms with Crippen LogP contribution in [0.2, 0.25) is 0 Å². The molecular weight excluding hydrogens is 244 g/mol. The Kier molecular flexibility index (Phi) is 9.83. The Morgan fingerprint density at radius 3 is 2.26 bits per heavy atom. The third kappa shape index (κ3) is 7.50. The molecule has 1 amide bonds. The normalized spacial score (nSPS) is 14.7. The molecule has 0 saturated heterocycles. The van der Waals surface area contributed by atoms with E-state index < -0.39 is 12.3 Å². The van der Waals surface area contributed by atoms with E-state index in [1.165, 1.54) is 0 Å². The van der Waals surface area contributed by atoms with Gasteiger partial charge < -0.3 is 20.5 Å². The van der Waals surface area contributed by atoms with Crippen LogP contribution in [-0.4, -0.2) is 38.5 Å². The molecule has 0 aromatic heterocycles. The molecule has 3 N–H and O–H groups in total. The minimum Gasteiger partial charge on any atom is -0.354 e. The van der Waals surface area contributed by atoms with Crippen LogP contribution in [0.15, 0.2) is 0 Å². The molecule has 5 heteroatoms. The van der Waals surface area contributed by atoms with Gasteiger partial charge in [-0.05, 0) is 18.8 Å². The molecule has 0 spiro atoms. The Labute approximate surface area is 117 Å². The highest BCUT2D eigenvalue weighted by atomic mass is 16.7. The molecule has 5 nitrogen and oxygen atoms in total. The van der Waals surface area contributed by atoms with Crippen molar-refractivity contribution in [3.8, 4) is 0 Å². The number of ether oxygens (including phenoxy) is 2. The summed E-state index contributed by atoms with van der Waals surface area (Å²) in [6, 6.07) is -0.626. The second kappa shape index (κ2) is 10.2. The van der Waals surface area contributed by atoms with E-state index >= 15 is 0 Å². The van der Waals surface area contributed by atoms with Gasteiger partial charge in [0.25, 0.3) is 0 Å². The Morgan fingerprint density at radius 1 is 1.26 bits per heavy atom. The van der Waals surface area contributed by atoms with Crippen molar-refractivity contribution in [1.29, 1.82) is 0 Å². The third-order valence-electron chi connectivity index (χ3n) is 3.05. The highest BCUT2D eigenvalue weighted by molar-refractivity contribution is 5.81. The third-order valence-corrected chi connectivity index (χ3v) is 3.05. The molecule has 0 heterocycles. The summed E-state index contributed by atoms with van der Waals surface area (Å²) in [6.45, 7) is 6.21. The van der Waals surface area contributed by atoms with Gasteiger partial charge in [-0.1, -0.05) is 33.6 Å². The van der Waals surface area contributed by atoms with E-state index in [1.807, 2.05) is 0 Å². The number of nitrogens with two attached hydrogens (primary N) is 1. The summed E-state index contributed by atoms with van der Waals surface area (Å²) >= 11 is 0. The number of hydrogen-bond acceptors (Lipinski definition) is 4. The standard InChI is InChI=1S/C14H30N2O3/c1-6-7-8-12(14(18-4)19-5)16-13(17)11(15)9-10(2)3/h10-12,14H,6-9,15H2,1-5H3,(H,16,17)/t11-,12?/m0/s1. The lowest BCUT2D eigenvalue weighted by Gasteiger charge is -2.27. The Morgan fingerprint density at radius 2 is 1.84 bits per heavy atom. The monoisotopic (exact) mass is 274 g/mol. The number of nitrogens with one attached hydrogen (secondary N) is 1. The summed E-state index contributed by atoms with van der Waals surface area (Å²) in [5.41, 5.74) is 5.88. The van der Waals surface area contributed by atoms with Crippen molar-refractivity contribution in [3.05, 3.63) is 0 Å². The fraction of sp³-hybridized carbons (Fsp3) is 0.929. The smallest absolute Gasteiger partial charge is 0.237 e. The first kappa shape index (κ1) is 18.4. The topological polar surface area (TPSA) is 73.6 Å². The average molecular weight is 274 g/mol. The van der Waals surface area contributed by atoms with Gasteiger partial charge in [0.05, 0.1) is 12.1 Å². The maximum Gasteiger partial charge on any atom is 0.237 e. The minimum atomic E-state index is -0.474. The summed E-state index contributed by atoms with van der Waals surface area (Å²) in [5, 5.41) is 2.94. The summed E-state index contributed by atoms with van der Waals surface area (Å²) in [6.07, 6.45) is 3.14. The van der Waals surface area contributed by atoms with Gasteiger partial charge in [-0.3, -0.25) is 4.79 Å². The fourth-order valence-corrected chi connectivity index (χ4v) is 2.03. The first-order chi connectivity index (χ1) is 8.96. The highest BCUT2D eigenvalue weighted by Crippen LogP contribution is 2.10. The zero-order valence-electron chi connectivity index (χ0n) is 12.9. The van der Waals surface area contributed by atoms with Gasteiger partial charge in [-0.25, -0.2) is 0 Å². The van der Waals surface area contributed by atoms with E-state index in [4.69, 9.17) is 15.2 Å². The molecule has 0 radical (unpaired) electrons. The predicted octanol–water partition coefficient (Wildman–Crippen LogP) is 1.65. The molecule has 0 fully saturated rings. The number of rotatable bonds is 10. The lowest BCUT2D eigenvalue weighted by atomic mass is 10.0. The molecule has 19 heavy (non-hydrogen) atoms. The summed E-state index contributed by atoms with van der Waals surface area (Å²) in [7, 11) is 3.15. The van der Waals surface area contributed by atoms with Gasteiger partial charge in [0.1, 0.15) is 0 Å². The maximum absolute atomic E-state index is 12.0. The number of amides is 1. The summed E-state index contributed by atoms with van der Waals surface area (Å²) in [4.78, 5) is 12.0. The Balaban J connectivity index is 4.48. The van der Waals surface area contributed by atoms with E-state index in [9.17, 15) is 4.79 Å². The number of hydrogen-bond donors (Lipinski definition) is 2. The minimum absolute atomic E-state index is 0.131. The van der Waals surface area contributed by atoms with E-state index in [0.29, 0.717) is 12.3 Å². The van der Waals surface area contributed by atoms with Gasteiger partial charge in [0, 0.05) is 14.2 Å². The van der Waals surface area contributed by atoms with E-state index in [0.717, 1.165) is 19.3 Å². The molecule has 0 aromatic rings. The first-order valence-corrected chi connectivity index (χ1v) is 7.07. The van der Waals surface area contributed by atoms with Gasteiger partial charge in [0.15, 0.2) is 6.29 Å². The van der Waals surface area contributed by atoms with Gasteiger partial charge >= 0.3 is 0 Å². The second-order valence-corrected chi connectivity index (χ2v) is 5.33. The quantitative estimate of drug-likeness (QED) is 0.594. The molecule has 114 valence electrons. The largest absolute Gasteiger partial charge is 0.354 e. The molecule has 0 aliphatic rings. The second-order valence-electron chi connectivity index (χ2n) is 5.33. The fourth-order valence-electron chi connectivity index (χ4n) is 2.03. The molecule has 0 aromatic carbocycles. The zero-order chi connectivity index (χ0) is 14.8. The SMILES string of the molecule is CCCCC(NC(=O)[C@@H](N)CC(C)C)C(OC)OC. The zero-order valence-corrected chi connectivity index (χ0v) is 12.9. The number of unbranched alkanes of at least 4 members (excludes halogenated alkanes) is 1. The van der Waals surface area contributed by atoms with Crippen LogP contribution >= 0.6 is 0 Å². The van der Waals surface area contributed by atoms with Crippen LogP contribution in [0.1, 0.15) is 46.5 Å². The summed E-state index contributed by atoms with van der Waals surface area (Å²) in [5.74, 6) is 0.268. The van der Waals surface area contributed by atoms with Crippen LogP contribution in [0.5, 0.6) is 0 Å². The Hall–Kier alpha value is -0.650. The van der Waals surface area contributed by atoms with Crippen molar-refractivity contribution >= 4 is 5.91 Å². The van der Waals surface area contributed by atoms with Gasteiger partial charge in [-0.2, -0.15) is 0 Å². The first-order valence-electron chi connectivity index (χ1n) is 7.07. The van der Waals surface area contributed by atoms with Crippen LogP contribution in [0.4, 0.5) is 0 Å².